The average Bonchev–Trinajstić information content (AvgIpc) is 2.29. The molecule has 0 saturated carbocycles. The Kier molecular flexibility index (Phi) is 4.46. The first-order valence-electron chi connectivity index (χ1n) is 5.14. The van der Waals surface area contributed by atoms with Crippen LogP contribution in [-0.2, 0) is 14.4 Å². The summed E-state index contributed by atoms with van der Waals surface area (Å²) < 4.78 is 0. The van der Waals surface area contributed by atoms with Gasteiger partial charge in [-0.05, 0) is 6.92 Å². The molecule has 0 unspecified atom stereocenters. The molecule has 0 heterocycles. The van der Waals surface area contributed by atoms with E-state index in [1.165, 1.54) is 6.92 Å². The second-order valence-electron chi connectivity index (χ2n) is 3.69. The Hall–Kier alpha value is -2.10. The fourth-order valence-corrected chi connectivity index (χ4v) is 1.30. The predicted molar refractivity (Wildman–Crippen MR) is 60.7 cm³/mol. The lowest BCUT2D eigenvalue weighted by Crippen LogP contribution is -2.20. The largest absolute Gasteiger partial charge is 0.300 e. The number of rotatable bonds is 6. The highest BCUT2D eigenvalue weighted by Gasteiger charge is 2.19. The van der Waals surface area contributed by atoms with E-state index in [1.807, 2.05) is 0 Å². The molecular formula is C13H12O4. The minimum absolute atomic E-state index is 0.379. The Morgan fingerprint density at radius 2 is 1.41 bits per heavy atom. The van der Waals surface area contributed by atoms with Crippen LogP contribution < -0.4 is 0 Å². The molecule has 0 aromatic heterocycles. The molecule has 0 aliphatic heterocycles. The zero-order valence-electron chi connectivity index (χ0n) is 9.43. The van der Waals surface area contributed by atoms with Crippen molar-refractivity contribution in [2.24, 2.45) is 0 Å². The van der Waals surface area contributed by atoms with Crippen LogP contribution in [0.15, 0.2) is 30.3 Å². The van der Waals surface area contributed by atoms with Crippen LogP contribution in [0.2, 0.25) is 0 Å². The van der Waals surface area contributed by atoms with Gasteiger partial charge in [-0.25, -0.2) is 0 Å². The second-order valence-corrected chi connectivity index (χ2v) is 3.69. The quantitative estimate of drug-likeness (QED) is 0.422. The van der Waals surface area contributed by atoms with Gasteiger partial charge in [0.1, 0.15) is 5.78 Å². The van der Waals surface area contributed by atoms with Crippen LogP contribution in [0, 0.1) is 0 Å². The van der Waals surface area contributed by atoms with Gasteiger partial charge in [0.15, 0.2) is 5.78 Å². The fourth-order valence-electron chi connectivity index (χ4n) is 1.30. The normalized spacial score (nSPS) is 9.71. The van der Waals surface area contributed by atoms with Crippen molar-refractivity contribution in [2.75, 3.05) is 0 Å². The first-order valence-corrected chi connectivity index (χ1v) is 5.14. The minimum Gasteiger partial charge on any atom is -0.300 e. The molecule has 1 aromatic rings. The topological polar surface area (TPSA) is 68.3 Å². The zero-order chi connectivity index (χ0) is 12.8. The van der Waals surface area contributed by atoms with Gasteiger partial charge in [0.05, 0.1) is 12.8 Å². The van der Waals surface area contributed by atoms with Gasteiger partial charge < -0.3 is 0 Å². The van der Waals surface area contributed by atoms with Gasteiger partial charge >= 0.3 is 0 Å². The van der Waals surface area contributed by atoms with Crippen molar-refractivity contribution in [3.05, 3.63) is 35.9 Å². The third-order valence-corrected chi connectivity index (χ3v) is 2.14. The van der Waals surface area contributed by atoms with Crippen molar-refractivity contribution in [3.8, 4) is 0 Å². The third-order valence-electron chi connectivity index (χ3n) is 2.14. The molecule has 4 nitrogen and oxygen atoms in total. The molecule has 0 amide bonds. The van der Waals surface area contributed by atoms with E-state index in [0.717, 1.165) is 0 Å². The van der Waals surface area contributed by atoms with E-state index in [2.05, 4.69) is 0 Å². The van der Waals surface area contributed by atoms with Crippen LogP contribution in [0.3, 0.4) is 0 Å². The van der Waals surface area contributed by atoms with Crippen molar-refractivity contribution >= 4 is 23.1 Å². The molecular weight excluding hydrogens is 220 g/mol. The van der Waals surface area contributed by atoms with Crippen molar-refractivity contribution in [2.45, 2.75) is 19.8 Å². The summed E-state index contributed by atoms with van der Waals surface area (Å²) in [6, 6.07) is 8.25. The van der Waals surface area contributed by atoms with Gasteiger partial charge in [0.2, 0.25) is 11.6 Å². The van der Waals surface area contributed by atoms with Crippen molar-refractivity contribution < 1.29 is 19.2 Å². The molecule has 0 saturated heterocycles. The van der Waals surface area contributed by atoms with E-state index in [9.17, 15) is 19.2 Å². The molecule has 88 valence electrons. The average molecular weight is 232 g/mol. The summed E-state index contributed by atoms with van der Waals surface area (Å²) in [5.41, 5.74) is 0.386. The van der Waals surface area contributed by atoms with Crippen molar-refractivity contribution in [1.29, 1.82) is 0 Å². The van der Waals surface area contributed by atoms with Crippen LogP contribution in [0.1, 0.15) is 30.1 Å². The van der Waals surface area contributed by atoms with Crippen molar-refractivity contribution in [1.82, 2.24) is 0 Å². The molecule has 0 aliphatic carbocycles. The summed E-state index contributed by atoms with van der Waals surface area (Å²) >= 11 is 0. The highest BCUT2D eigenvalue weighted by molar-refractivity contribution is 6.43. The van der Waals surface area contributed by atoms with Gasteiger partial charge in [0.25, 0.3) is 0 Å². The zero-order valence-corrected chi connectivity index (χ0v) is 9.43. The Morgan fingerprint density at radius 1 is 0.882 bits per heavy atom. The molecule has 0 fully saturated rings. The van der Waals surface area contributed by atoms with Gasteiger partial charge in [-0.1, -0.05) is 30.3 Å². The van der Waals surface area contributed by atoms with Gasteiger partial charge in [-0.15, -0.1) is 0 Å². The van der Waals surface area contributed by atoms with E-state index in [0.29, 0.717) is 5.56 Å². The number of carbonyl (C=O) groups is 4. The smallest absolute Gasteiger partial charge is 0.206 e. The minimum atomic E-state index is -0.811. The number of carbonyl (C=O) groups excluding carboxylic acids is 4. The van der Waals surface area contributed by atoms with Crippen LogP contribution >= 0.6 is 0 Å². The number of Topliss-reactive ketones (excluding diaryl/α,β-unsaturated/α-hetero) is 4. The molecule has 1 aromatic carbocycles. The predicted octanol–water partition coefficient (Wildman–Crippen LogP) is 1.38. The summed E-state index contributed by atoms with van der Waals surface area (Å²) in [5.74, 6) is -2.40. The Balaban J connectivity index is 2.61. The molecule has 0 radical (unpaired) electrons. The highest BCUT2D eigenvalue weighted by atomic mass is 16.2. The monoisotopic (exact) mass is 232 g/mol. The molecule has 1 rings (SSSR count). The number of benzene rings is 1. The molecule has 17 heavy (non-hydrogen) atoms. The van der Waals surface area contributed by atoms with Crippen LogP contribution in [0.25, 0.3) is 0 Å². The lowest BCUT2D eigenvalue weighted by atomic mass is 10.0. The lowest BCUT2D eigenvalue weighted by molar-refractivity contribution is -0.138. The Morgan fingerprint density at radius 3 is 1.94 bits per heavy atom. The molecule has 0 spiro atoms. The van der Waals surface area contributed by atoms with Gasteiger partial charge in [-0.3, -0.25) is 19.2 Å². The summed E-state index contributed by atoms with van der Waals surface area (Å²) in [5, 5.41) is 0. The maximum absolute atomic E-state index is 11.6. The summed E-state index contributed by atoms with van der Waals surface area (Å²) in [4.78, 5) is 44.8. The molecule has 0 bridgehead atoms. The van der Waals surface area contributed by atoms with Gasteiger partial charge in [0, 0.05) is 5.56 Å². The highest BCUT2D eigenvalue weighted by Crippen LogP contribution is 2.04. The summed E-state index contributed by atoms with van der Waals surface area (Å²) in [6.07, 6.45) is -0.906. The van der Waals surface area contributed by atoms with E-state index < -0.39 is 30.2 Å². The van der Waals surface area contributed by atoms with E-state index in [1.54, 1.807) is 30.3 Å². The second kappa shape index (κ2) is 5.84. The molecule has 0 aliphatic rings. The van der Waals surface area contributed by atoms with E-state index in [4.69, 9.17) is 0 Å². The van der Waals surface area contributed by atoms with Gasteiger partial charge in [-0.2, -0.15) is 0 Å². The van der Waals surface area contributed by atoms with Crippen LogP contribution in [0.4, 0.5) is 0 Å². The Bertz CT molecular complexity index is 460. The molecule has 4 heteroatoms. The summed E-state index contributed by atoms with van der Waals surface area (Å²) in [6.45, 7) is 1.23. The number of ketones is 4. The van der Waals surface area contributed by atoms with E-state index in [-0.39, 0.29) is 5.78 Å². The number of hydrogen-bond acceptors (Lipinski definition) is 4. The van der Waals surface area contributed by atoms with E-state index >= 15 is 0 Å². The Labute approximate surface area is 98.6 Å². The lowest BCUT2D eigenvalue weighted by Gasteiger charge is -1.99. The molecule has 0 N–H and O–H groups in total. The third kappa shape index (κ3) is 4.10. The number of hydrogen-bond donors (Lipinski definition) is 0. The maximum Gasteiger partial charge on any atom is 0.206 e. The van der Waals surface area contributed by atoms with Crippen molar-refractivity contribution in [3.63, 3.8) is 0 Å². The first-order chi connectivity index (χ1) is 8.00. The van der Waals surface area contributed by atoms with Crippen LogP contribution in [-0.4, -0.2) is 23.1 Å². The van der Waals surface area contributed by atoms with Crippen LogP contribution in [0.5, 0.6) is 0 Å². The fraction of sp³-hybridized carbons (Fsp3) is 0.231. The standard InChI is InChI=1S/C13H12O4/c1-9(14)7-12(16)13(17)8-11(15)10-5-3-2-4-6-10/h2-6H,7-8H2,1H3. The molecule has 0 atom stereocenters. The maximum atomic E-state index is 11.6. The summed E-state index contributed by atoms with van der Waals surface area (Å²) in [7, 11) is 0. The SMILES string of the molecule is CC(=O)CC(=O)C(=O)CC(=O)c1ccccc1. The first kappa shape index (κ1) is 13.0.